The fraction of sp³-hybridized carbons (Fsp3) is 0.909. The van der Waals surface area contributed by atoms with Crippen molar-refractivity contribution in [2.75, 3.05) is 13.2 Å². The van der Waals surface area contributed by atoms with Crippen LogP contribution in [0.2, 0.25) is 0 Å². The van der Waals surface area contributed by atoms with E-state index in [9.17, 15) is 4.79 Å². The fourth-order valence-electron chi connectivity index (χ4n) is 1.92. The highest BCUT2D eigenvalue weighted by atomic mass is 16.5. The average molecular weight is 214 g/mol. The first-order valence-electron chi connectivity index (χ1n) is 5.78. The average Bonchev–Trinajstić information content (AvgIpc) is 2.26. The molecule has 4 nitrogen and oxygen atoms in total. The third kappa shape index (κ3) is 3.80. The summed E-state index contributed by atoms with van der Waals surface area (Å²) in [5, 5.41) is 3.31. The largest absolute Gasteiger partial charge is 0.381 e. The summed E-state index contributed by atoms with van der Waals surface area (Å²) in [4.78, 5) is 11.4. The Balaban J connectivity index is 2.51. The standard InChI is InChI=1S/C11H22N2O2/c1-3-8(2)13-10(11(12)14)9-4-6-15-7-5-9/h8-10,13H,3-7H2,1-2H3,(H2,12,14). The lowest BCUT2D eigenvalue weighted by molar-refractivity contribution is -0.122. The highest BCUT2D eigenvalue weighted by Gasteiger charge is 2.28. The maximum Gasteiger partial charge on any atom is 0.234 e. The second kappa shape index (κ2) is 6.08. The van der Waals surface area contributed by atoms with E-state index < -0.39 is 0 Å². The van der Waals surface area contributed by atoms with Crippen LogP contribution in [0.3, 0.4) is 0 Å². The van der Waals surface area contributed by atoms with Crippen molar-refractivity contribution in [3.05, 3.63) is 0 Å². The molecule has 1 rings (SSSR count). The van der Waals surface area contributed by atoms with Crippen LogP contribution >= 0.6 is 0 Å². The third-order valence-corrected chi connectivity index (χ3v) is 3.12. The molecule has 0 aliphatic carbocycles. The lowest BCUT2D eigenvalue weighted by atomic mass is 9.90. The summed E-state index contributed by atoms with van der Waals surface area (Å²) < 4.78 is 5.28. The molecule has 2 atom stereocenters. The van der Waals surface area contributed by atoms with E-state index in [1.54, 1.807) is 0 Å². The SMILES string of the molecule is CCC(C)NC(C(N)=O)C1CCOCC1. The molecule has 0 aromatic heterocycles. The van der Waals surface area contributed by atoms with Gasteiger partial charge in [-0.15, -0.1) is 0 Å². The number of nitrogens with two attached hydrogens (primary N) is 1. The number of nitrogens with one attached hydrogen (secondary N) is 1. The van der Waals surface area contributed by atoms with E-state index >= 15 is 0 Å². The fourth-order valence-corrected chi connectivity index (χ4v) is 1.92. The first-order valence-corrected chi connectivity index (χ1v) is 5.78. The van der Waals surface area contributed by atoms with E-state index in [4.69, 9.17) is 10.5 Å². The van der Waals surface area contributed by atoms with Gasteiger partial charge in [-0.3, -0.25) is 4.79 Å². The van der Waals surface area contributed by atoms with Crippen LogP contribution in [0.5, 0.6) is 0 Å². The van der Waals surface area contributed by atoms with Gasteiger partial charge >= 0.3 is 0 Å². The van der Waals surface area contributed by atoms with Gasteiger partial charge in [0, 0.05) is 19.3 Å². The second-order valence-electron chi connectivity index (χ2n) is 4.31. The Hall–Kier alpha value is -0.610. The zero-order chi connectivity index (χ0) is 11.3. The van der Waals surface area contributed by atoms with E-state index in [1.165, 1.54) is 0 Å². The van der Waals surface area contributed by atoms with Crippen LogP contribution in [0.25, 0.3) is 0 Å². The van der Waals surface area contributed by atoms with Crippen LogP contribution in [0.1, 0.15) is 33.1 Å². The van der Waals surface area contributed by atoms with E-state index in [1.807, 2.05) is 0 Å². The summed E-state index contributed by atoms with van der Waals surface area (Å²) in [6.45, 7) is 5.67. The Kier molecular flexibility index (Phi) is 5.05. The lowest BCUT2D eigenvalue weighted by Crippen LogP contribution is -2.51. The number of rotatable bonds is 5. The van der Waals surface area contributed by atoms with Crippen LogP contribution in [0.4, 0.5) is 0 Å². The lowest BCUT2D eigenvalue weighted by Gasteiger charge is -2.30. The molecule has 0 saturated carbocycles. The van der Waals surface area contributed by atoms with Gasteiger partial charge in [-0.05, 0) is 32.1 Å². The van der Waals surface area contributed by atoms with Crippen molar-refractivity contribution >= 4 is 5.91 Å². The van der Waals surface area contributed by atoms with Crippen LogP contribution in [-0.2, 0) is 9.53 Å². The van der Waals surface area contributed by atoms with Crippen molar-refractivity contribution in [1.29, 1.82) is 0 Å². The smallest absolute Gasteiger partial charge is 0.234 e. The maximum atomic E-state index is 11.4. The Morgan fingerprint density at radius 3 is 2.60 bits per heavy atom. The van der Waals surface area contributed by atoms with Gasteiger partial charge in [0.05, 0.1) is 6.04 Å². The molecule has 0 spiro atoms. The molecule has 1 aliphatic heterocycles. The van der Waals surface area contributed by atoms with Crippen molar-refractivity contribution in [3.63, 3.8) is 0 Å². The molecule has 4 heteroatoms. The number of carbonyl (C=O) groups is 1. The van der Waals surface area contributed by atoms with Gasteiger partial charge in [0.25, 0.3) is 0 Å². The third-order valence-electron chi connectivity index (χ3n) is 3.12. The zero-order valence-electron chi connectivity index (χ0n) is 9.66. The summed E-state index contributed by atoms with van der Waals surface area (Å²) in [5.41, 5.74) is 5.43. The van der Waals surface area contributed by atoms with Crippen molar-refractivity contribution < 1.29 is 9.53 Å². The molecule has 1 aliphatic rings. The molecule has 1 amide bonds. The monoisotopic (exact) mass is 214 g/mol. The predicted molar refractivity (Wildman–Crippen MR) is 59.4 cm³/mol. The highest BCUT2D eigenvalue weighted by molar-refractivity contribution is 5.80. The number of primary amides is 1. The van der Waals surface area contributed by atoms with E-state index in [2.05, 4.69) is 19.2 Å². The Labute approximate surface area is 91.5 Å². The molecule has 0 aromatic carbocycles. The van der Waals surface area contributed by atoms with E-state index in [-0.39, 0.29) is 11.9 Å². The Bertz CT molecular complexity index is 203. The first-order chi connectivity index (χ1) is 7.15. The minimum atomic E-state index is -0.234. The highest BCUT2D eigenvalue weighted by Crippen LogP contribution is 2.19. The molecule has 1 heterocycles. The number of hydrogen-bond donors (Lipinski definition) is 2. The van der Waals surface area contributed by atoms with Crippen LogP contribution in [0, 0.1) is 5.92 Å². The van der Waals surface area contributed by atoms with Crippen molar-refractivity contribution in [2.45, 2.75) is 45.2 Å². The van der Waals surface area contributed by atoms with Gasteiger partial charge in [-0.2, -0.15) is 0 Å². The number of amides is 1. The van der Waals surface area contributed by atoms with Crippen molar-refractivity contribution in [1.82, 2.24) is 5.32 Å². The first kappa shape index (κ1) is 12.5. The van der Waals surface area contributed by atoms with Crippen molar-refractivity contribution in [3.8, 4) is 0 Å². The topological polar surface area (TPSA) is 64.3 Å². The summed E-state index contributed by atoms with van der Waals surface area (Å²) in [7, 11) is 0. The molecule has 3 N–H and O–H groups in total. The summed E-state index contributed by atoms with van der Waals surface area (Å²) in [5.74, 6) is 0.104. The van der Waals surface area contributed by atoms with Gasteiger partial charge in [0.1, 0.15) is 0 Å². The zero-order valence-corrected chi connectivity index (χ0v) is 9.66. The Morgan fingerprint density at radius 2 is 2.13 bits per heavy atom. The molecule has 1 saturated heterocycles. The summed E-state index contributed by atoms with van der Waals surface area (Å²) in [6.07, 6.45) is 2.86. The maximum absolute atomic E-state index is 11.4. The number of ether oxygens (including phenoxy) is 1. The minimum absolute atomic E-state index is 0.191. The minimum Gasteiger partial charge on any atom is -0.381 e. The van der Waals surface area contributed by atoms with Crippen LogP contribution in [-0.4, -0.2) is 31.2 Å². The second-order valence-corrected chi connectivity index (χ2v) is 4.31. The molecule has 2 unspecified atom stereocenters. The number of carbonyl (C=O) groups excluding carboxylic acids is 1. The van der Waals surface area contributed by atoms with Crippen LogP contribution in [0.15, 0.2) is 0 Å². The van der Waals surface area contributed by atoms with Gasteiger partial charge in [0.15, 0.2) is 0 Å². The quantitative estimate of drug-likeness (QED) is 0.706. The normalized spacial score (nSPS) is 22.3. The molecule has 88 valence electrons. The van der Waals surface area contributed by atoms with Gasteiger partial charge in [0.2, 0.25) is 5.91 Å². The molecule has 1 fully saturated rings. The number of hydrogen-bond acceptors (Lipinski definition) is 3. The van der Waals surface area contributed by atoms with Gasteiger partial charge in [-0.1, -0.05) is 6.92 Å². The molecule has 0 aromatic rings. The summed E-state index contributed by atoms with van der Waals surface area (Å²) in [6, 6.07) is 0.147. The predicted octanol–water partition coefficient (Wildman–Crippen LogP) is 0.655. The molecule has 0 bridgehead atoms. The molecular weight excluding hydrogens is 192 g/mol. The summed E-state index contributed by atoms with van der Waals surface area (Å²) >= 11 is 0. The van der Waals surface area contributed by atoms with E-state index in [0.717, 1.165) is 32.5 Å². The molecule has 15 heavy (non-hydrogen) atoms. The molecule has 0 radical (unpaired) electrons. The van der Waals surface area contributed by atoms with Crippen LogP contribution < -0.4 is 11.1 Å². The van der Waals surface area contributed by atoms with Crippen molar-refractivity contribution in [2.24, 2.45) is 11.7 Å². The van der Waals surface area contributed by atoms with Gasteiger partial charge < -0.3 is 15.8 Å². The molecular formula is C11H22N2O2. The van der Waals surface area contributed by atoms with E-state index in [0.29, 0.717) is 12.0 Å². The Morgan fingerprint density at radius 1 is 1.53 bits per heavy atom. The van der Waals surface area contributed by atoms with Gasteiger partial charge in [-0.25, -0.2) is 0 Å².